The first-order chi connectivity index (χ1) is 10.1. The average molecular weight is 349 g/mol. The first-order valence-corrected chi connectivity index (χ1v) is 7.92. The topological polar surface area (TPSA) is 34.2 Å². The van der Waals surface area contributed by atoms with Crippen LogP contribution in [0.25, 0.3) is 0 Å². The van der Waals surface area contributed by atoms with Gasteiger partial charge in [0, 0.05) is 29.3 Å². The van der Waals surface area contributed by atoms with E-state index < -0.39 is 0 Å². The van der Waals surface area contributed by atoms with Gasteiger partial charge in [-0.25, -0.2) is 4.98 Å². The SMILES string of the molecule is Cc1cc(CNCc2cccnc2OC(C)C)ccc1Br. The lowest BCUT2D eigenvalue weighted by molar-refractivity contribution is 0.229. The minimum Gasteiger partial charge on any atom is -0.475 e. The number of nitrogens with one attached hydrogen (secondary N) is 1. The third kappa shape index (κ3) is 4.83. The van der Waals surface area contributed by atoms with Crippen LogP contribution in [-0.2, 0) is 13.1 Å². The van der Waals surface area contributed by atoms with Gasteiger partial charge in [0.25, 0.3) is 0 Å². The molecule has 0 bridgehead atoms. The molecular weight excluding hydrogens is 328 g/mol. The third-order valence-electron chi connectivity index (χ3n) is 3.06. The van der Waals surface area contributed by atoms with Crippen LogP contribution in [0.2, 0.25) is 0 Å². The molecule has 0 saturated carbocycles. The Kier molecular flexibility index (Phi) is 5.76. The van der Waals surface area contributed by atoms with Gasteiger partial charge >= 0.3 is 0 Å². The first kappa shape index (κ1) is 16.0. The molecule has 4 heteroatoms. The van der Waals surface area contributed by atoms with Crippen molar-refractivity contribution in [2.75, 3.05) is 0 Å². The Morgan fingerprint density at radius 3 is 2.76 bits per heavy atom. The first-order valence-electron chi connectivity index (χ1n) is 7.12. The van der Waals surface area contributed by atoms with Crippen LogP contribution < -0.4 is 10.1 Å². The predicted octanol–water partition coefficient (Wildman–Crippen LogP) is 4.23. The monoisotopic (exact) mass is 348 g/mol. The molecule has 3 nitrogen and oxygen atoms in total. The van der Waals surface area contributed by atoms with Crippen molar-refractivity contribution in [1.82, 2.24) is 10.3 Å². The van der Waals surface area contributed by atoms with Gasteiger partial charge < -0.3 is 10.1 Å². The number of pyridine rings is 1. The zero-order chi connectivity index (χ0) is 15.2. The second kappa shape index (κ2) is 7.57. The van der Waals surface area contributed by atoms with Crippen LogP contribution in [0.5, 0.6) is 5.88 Å². The fourth-order valence-electron chi connectivity index (χ4n) is 2.05. The molecule has 1 aromatic carbocycles. The van der Waals surface area contributed by atoms with Crippen LogP contribution in [0.4, 0.5) is 0 Å². The summed E-state index contributed by atoms with van der Waals surface area (Å²) in [5.74, 6) is 0.715. The molecule has 0 aliphatic heterocycles. The zero-order valence-electron chi connectivity index (χ0n) is 12.7. The maximum atomic E-state index is 5.73. The van der Waals surface area contributed by atoms with Gasteiger partial charge in [-0.05, 0) is 44.0 Å². The van der Waals surface area contributed by atoms with Crippen molar-refractivity contribution in [3.63, 3.8) is 0 Å². The van der Waals surface area contributed by atoms with Crippen molar-refractivity contribution in [2.45, 2.75) is 40.0 Å². The summed E-state index contributed by atoms with van der Waals surface area (Å²) in [6.07, 6.45) is 1.90. The molecular formula is C17H21BrN2O. The van der Waals surface area contributed by atoms with Gasteiger partial charge in [-0.3, -0.25) is 0 Å². The largest absolute Gasteiger partial charge is 0.475 e. The Bertz CT molecular complexity index is 599. The second-order valence-electron chi connectivity index (χ2n) is 5.32. The van der Waals surface area contributed by atoms with Gasteiger partial charge in [0.05, 0.1) is 6.10 Å². The van der Waals surface area contributed by atoms with Crippen LogP contribution in [-0.4, -0.2) is 11.1 Å². The van der Waals surface area contributed by atoms with E-state index in [4.69, 9.17) is 4.74 Å². The molecule has 0 atom stereocenters. The Morgan fingerprint density at radius 1 is 1.24 bits per heavy atom. The molecule has 0 aliphatic rings. The van der Waals surface area contributed by atoms with Crippen molar-refractivity contribution in [3.8, 4) is 5.88 Å². The van der Waals surface area contributed by atoms with Gasteiger partial charge in [-0.2, -0.15) is 0 Å². The summed E-state index contributed by atoms with van der Waals surface area (Å²) >= 11 is 3.52. The van der Waals surface area contributed by atoms with Gasteiger partial charge in [0.2, 0.25) is 5.88 Å². The van der Waals surface area contributed by atoms with E-state index in [0.717, 1.165) is 23.1 Å². The van der Waals surface area contributed by atoms with Crippen molar-refractivity contribution >= 4 is 15.9 Å². The standard InChI is InChI=1S/C17H21BrN2O/c1-12(2)21-17-15(5-4-8-20-17)11-19-10-14-6-7-16(18)13(3)9-14/h4-9,12,19H,10-11H2,1-3H3. The summed E-state index contributed by atoms with van der Waals surface area (Å²) in [4.78, 5) is 4.30. The van der Waals surface area contributed by atoms with Crippen LogP contribution in [0.1, 0.15) is 30.5 Å². The molecule has 1 aromatic heterocycles. The van der Waals surface area contributed by atoms with Crippen molar-refractivity contribution < 1.29 is 4.74 Å². The highest BCUT2D eigenvalue weighted by atomic mass is 79.9. The van der Waals surface area contributed by atoms with Crippen molar-refractivity contribution in [2.24, 2.45) is 0 Å². The van der Waals surface area contributed by atoms with E-state index in [9.17, 15) is 0 Å². The highest BCUT2D eigenvalue weighted by Crippen LogP contribution is 2.18. The average Bonchev–Trinajstić information content (AvgIpc) is 2.44. The summed E-state index contributed by atoms with van der Waals surface area (Å²) in [6, 6.07) is 10.4. The number of aryl methyl sites for hydroxylation is 1. The van der Waals surface area contributed by atoms with E-state index in [0.29, 0.717) is 5.88 Å². The van der Waals surface area contributed by atoms with Gasteiger partial charge in [0.1, 0.15) is 0 Å². The lowest BCUT2D eigenvalue weighted by Crippen LogP contribution is -2.15. The maximum absolute atomic E-state index is 5.73. The normalized spacial score (nSPS) is 10.9. The fraction of sp³-hybridized carbons (Fsp3) is 0.353. The Balaban J connectivity index is 1.95. The highest BCUT2D eigenvalue weighted by molar-refractivity contribution is 9.10. The number of rotatable bonds is 6. The van der Waals surface area contributed by atoms with E-state index in [-0.39, 0.29) is 6.10 Å². The quantitative estimate of drug-likeness (QED) is 0.848. The van der Waals surface area contributed by atoms with Crippen molar-refractivity contribution in [1.29, 1.82) is 0 Å². The number of nitrogens with zero attached hydrogens (tertiary/aromatic N) is 1. The number of hydrogen-bond acceptors (Lipinski definition) is 3. The molecule has 0 aliphatic carbocycles. The number of halogens is 1. The molecule has 21 heavy (non-hydrogen) atoms. The molecule has 1 N–H and O–H groups in total. The molecule has 0 spiro atoms. The van der Waals surface area contributed by atoms with Crippen LogP contribution >= 0.6 is 15.9 Å². The van der Waals surface area contributed by atoms with E-state index in [1.54, 1.807) is 6.20 Å². The molecule has 2 aromatic rings. The molecule has 112 valence electrons. The summed E-state index contributed by atoms with van der Waals surface area (Å²) in [6.45, 7) is 7.69. The summed E-state index contributed by atoms with van der Waals surface area (Å²) in [5.41, 5.74) is 3.60. The number of hydrogen-bond donors (Lipinski definition) is 1. The van der Waals surface area contributed by atoms with Crippen LogP contribution in [0.15, 0.2) is 41.0 Å². The van der Waals surface area contributed by atoms with E-state index in [2.05, 4.69) is 51.4 Å². The zero-order valence-corrected chi connectivity index (χ0v) is 14.3. The Morgan fingerprint density at radius 2 is 2.05 bits per heavy atom. The lowest BCUT2D eigenvalue weighted by atomic mass is 10.1. The molecule has 0 fully saturated rings. The predicted molar refractivity (Wildman–Crippen MR) is 89.4 cm³/mol. The Hall–Kier alpha value is -1.39. The summed E-state index contributed by atoms with van der Waals surface area (Å²) < 4.78 is 6.87. The Labute approximate surface area is 134 Å². The van der Waals surface area contributed by atoms with Gasteiger partial charge in [-0.1, -0.05) is 34.1 Å². The third-order valence-corrected chi connectivity index (χ3v) is 3.95. The minimum absolute atomic E-state index is 0.132. The summed E-state index contributed by atoms with van der Waals surface area (Å²) in [5, 5.41) is 3.44. The maximum Gasteiger partial charge on any atom is 0.218 e. The van der Waals surface area contributed by atoms with Gasteiger partial charge in [0.15, 0.2) is 0 Å². The number of benzene rings is 1. The summed E-state index contributed by atoms with van der Waals surface area (Å²) in [7, 11) is 0. The molecule has 0 unspecified atom stereocenters. The molecule has 0 saturated heterocycles. The minimum atomic E-state index is 0.132. The molecule has 1 heterocycles. The smallest absolute Gasteiger partial charge is 0.218 e. The van der Waals surface area contributed by atoms with Crippen LogP contribution in [0, 0.1) is 6.92 Å². The van der Waals surface area contributed by atoms with E-state index in [1.807, 2.05) is 26.0 Å². The van der Waals surface area contributed by atoms with E-state index in [1.165, 1.54) is 11.1 Å². The number of ether oxygens (including phenoxy) is 1. The molecule has 0 amide bonds. The number of aromatic nitrogens is 1. The lowest BCUT2D eigenvalue weighted by Gasteiger charge is -2.13. The fourth-order valence-corrected chi connectivity index (χ4v) is 2.29. The van der Waals surface area contributed by atoms with E-state index >= 15 is 0 Å². The van der Waals surface area contributed by atoms with Crippen molar-refractivity contribution in [3.05, 3.63) is 57.7 Å². The van der Waals surface area contributed by atoms with Crippen LogP contribution in [0.3, 0.4) is 0 Å². The van der Waals surface area contributed by atoms with Gasteiger partial charge in [-0.15, -0.1) is 0 Å². The second-order valence-corrected chi connectivity index (χ2v) is 6.18. The highest BCUT2D eigenvalue weighted by Gasteiger charge is 2.06. The molecule has 2 rings (SSSR count). The molecule has 0 radical (unpaired) electrons.